The number of nitro groups is 1. The third-order valence-electron chi connectivity index (χ3n) is 1.70. The van der Waals surface area contributed by atoms with E-state index < -0.39 is 17.0 Å². The first-order valence-corrected chi connectivity index (χ1v) is 4.48. The van der Waals surface area contributed by atoms with E-state index in [2.05, 4.69) is 10.1 Å². The Bertz CT molecular complexity index is 442. The van der Waals surface area contributed by atoms with E-state index >= 15 is 0 Å². The number of rotatable bonds is 2. The van der Waals surface area contributed by atoms with Gasteiger partial charge in [0.1, 0.15) is 5.75 Å². The molecule has 3 amide bonds. The number of hydrogen-bond donors (Lipinski definition) is 2. The van der Waals surface area contributed by atoms with Crippen molar-refractivity contribution in [1.29, 1.82) is 0 Å². The van der Waals surface area contributed by atoms with Gasteiger partial charge in [-0.25, -0.2) is 14.9 Å². The number of nitrogens with one attached hydrogen (secondary N) is 2. The molecule has 1 aromatic rings. The Hall–Kier alpha value is -2.64. The molecule has 0 bridgehead atoms. The molecular weight excluding hydrogens is 230 g/mol. The molecule has 0 aliphatic heterocycles. The first-order valence-electron chi connectivity index (χ1n) is 4.48. The van der Waals surface area contributed by atoms with E-state index in [-0.39, 0.29) is 11.4 Å². The minimum Gasteiger partial charge on any atom is -0.410 e. The molecule has 0 atom stereocenters. The van der Waals surface area contributed by atoms with Gasteiger partial charge in [0.05, 0.1) is 4.92 Å². The fourth-order valence-corrected chi connectivity index (χ4v) is 0.924. The molecule has 0 fully saturated rings. The van der Waals surface area contributed by atoms with Gasteiger partial charge in [-0.05, 0) is 12.1 Å². The van der Waals surface area contributed by atoms with Gasteiger partial charge in [0.15, 0.2) is 0 Å². The third-order valence-corrected chi connectivity index (χ3v) is 1.70. The zero-order valence-corrected chi connectivity index (χ0v) is 8.80. The molecule has 8 nitrogen and oxygen atoms in total. The fraction of sp³-hybridized carbons (Fsp3) is 0.111. The van der Waals surface area contributed by atoms with Crippen LogP contribution >= 0.6 is 0 Å². The van der Waals surface area contributed by atoms with Crippen LogP contribution in [-0.4, -0.2) is 24.1 Å². The molecule has 0 radical (unpaired) electrons. The van der Waals surface area contributed by atoms with Gasteiger partial charge in [0.25, 0.3) is 5.69 Å². The summed E-state index contributed by atoms with van der Waals surface area (Å²) in [5.41, 5.74) is -0.121. The number of carbonyl (C=O) groups excluding carboxylic acids is 2. The van der Waals surface area contributed by atoms with Crippen LogP contribution in [0.15, 0.2) is 24.3 Å². The van der Waals surface area contributed by atoms with Crippen molar-refractivity contribution in [2.45, 2.75) is 0 Å². The second-order valence-electron chi connectivity index (χ2n) is 2.84. The standard InChI is InChI=1S/C9H9N3O5/c1-10-8(13)11-9(14)17-7-4-2-6(3-5-7)12(15)16/h2-5H,1H3,(H2,10,11,13,14). The van der Waals surface area contributed by atoms with E-state index in [4.69, 9.17) is 0 Å². The van der Waals surface area contributed by atoms with E-state index in [0.29, 0.717) is 0 Å². The number of nitro benzene ring substituents is 1. The van der Waals surface area contributed by atoms with Crippen molar-refractivity contribution in [2.24, 2.45) is 0 Å². The Kier molecular flexibility index (Phi) is 3.98. The second-order valence-corrected chi connectivity index (χ2v) is 2.84. The lowest BCUT2D eigenvalue weighted by atomic mass is 10.3. The Morgan fingerprint density at radius 2 is 1.88 bits per heavy atom. The maximum Gasteiger partial charge on any atom is 0.420 e. The van der Waals surface area contributed by atoms with Crippen LogP contribution in [-0.2, 0) is 0 Å². The van der Waals surface area contributed by atoms with Gasteiger partial charge in [-0.3, -0.25) is 10.1 Å². The number of non-ortho nitro benzene ring substituents is 1. The Labute approximate surface area is 95.7 Å². The molecule has 0 spiro atoms. The second kappa shape index (κ2) is 5.45. The van der Waals surface area contributed by atoms with Crippen LogP contribution < -0.4 is 15.4 Å². The van der Waals surface area contributed by atoms with Crippen molar-refractivity contribution >= 4 is 17.8 Å². The summed E-state index contributed by atoms with van der Waals surface area (Å²) in [6, 6.07) is 4.16. The maximum absolute atomic E-state index is 11.1. The zero-order chi connectivity index (χ0) is 12.8. The van der Waals surface area contributed by atoms with Crippen molar-refractivity contribution in [3.8, 4) is 5.75 Å². The average molecular weight is 239 g/mol. The first kappa shape index (κ1) is 12.4. The van der Waals surface area contributed by atoms with Crippen LogP contribution in [0.4, 0.5) is 15.3 Å². The molecule has 0 aliphatic rings. The largest absolute Gasteiger partial charge is 0.420 e. The van der Waals surface area contributed by atoms with Crippen molar-refractivity contribution in [3.63, 3.8) is 0 Å². The number of amides is 3. The van der Waals surface area contributed by atoms with Crippen LogP contribution in [0.3, 0.4) is 0 Å². The predicted octanol–water partition coefficient (Wildman–Crippen LogP) is 1.02. The molecule has 0 heterocycles. The van der Waals surface area contributed by atoms with E-state index in [1.165, 1.54) is 31.3 Å². The number of hydrogen-bond acceptors (Lipinski definition) is 5. The maximum atomic E-state index is 11.1. The SMILES string of the molecule is CNC(=O)NC(=O)Oc1ccc([N+](=O)[O-])cc1. The molecule has 90 valence electrons. The molecule has 0 saturated carbocycles. The highest BCUT2D eigenvalue weighted by molar-refractivity contribution is 5.91. The molecule has 0 unspecified atom stereocenters. The van der Waals surface area contributed by atoms with Gasteiger partial charge in [-0.15, -0.1) is 0 Å². The summed E-state index contributed by atoms with van der Waals surface area (Å²) in [6.45, 7) is 0. The average Bonchev–Trinajstić information content (AvgIpc) is 2.29. The molecule has 8 heteroatoms. The van der Waals surface area contributed by atoms with Gasteiger partial charge in [-0.2, -0.15) is 0 Å². The number of nitrogens with zero attached hydrogens (tertiary/aromatic N) is 1. The molecule has 1 aromatic carbocycles. The highest BCUT2D eigenvalue weighted by Gasteiger charge is 2.09. The molecule has 1 rings (SSSR count). The fourth-order valence-electron chi connectivity index (χ4n) is 0.924. The van der Waals surface area contributed by atoms with Crippen molar-refractivity contribution in [3.05, 3.63) is 34.4 Å². The van der Waals surface area contributed by atoms with Gasteiger partial charge < -0.3 is 10.1 Å². The molecule has 17 heavy (non-hydrogen) atoms. The van der Waals surface area contributed by atoms with Crippen molar-refractivity contribution in [2.75, 3.05) is 7.05 Å². The smallest absolute Gasteiger partial charge is 0.410 e. The monoisotopic (exact) mass is 239 g/mol. The van der Waals surface area contributed by atoms with E-state index in [9.17, 15) is 19.7 Å². The molecular formula is C9H9N3O5. The van der Waals surface area contributed by atoms with Gasteiger partial charge in [0.2, 0.25) is 0 Å². The van der Waals surface area contributed by atoms with Crippen LogP contribution in [0.5, 0.6) is 5.75 Å². The van der Waals surface area contributed by atoms with Gasteiger partial charge in [-0.1, -0.05) is 0 Å². The Morgan fingerprint density at radius 1 is 1.29 bits per heavy atom. The summed E-state index contributed by atoms with van der Waals surface area (Å²) >= 11 is 0. The summed E-state index contributed by atoms with van der Waals surface area (Å²) in [6.07, 6.45) is -0.974. The van der Waals surface area contributed by atoms with Crippen LogP contribution in [0.2, 0.25) is 0 Å². The van der Waals surface area contributed by atoms with Gasteiger partial charge >= 0.3 is 12.1 Å². The minimum atomic E-state index is -0.974. The van der Waals surface area contributed by atoms with E-state index in [1.54, 1.807) is 0 Å². The van der Waals surface area contributed by atoms with Crippen molar-refractivity contribution < 1.29 is 19.2 Å². The highest BCUT2D eigenvalue weighted by atomic mass is 16.6. The Balaban J connectivity index is 2.60. The normalized spacial score (nSPS) is 9.24. The van der Waals surface area contributed by atoms with E-state index in [0.717, 1.165) is 0 Å². The molecule has 2 N–H and O–H groups in total. The Morgan fingerprint density at radius 3 is 2.35 bits per heavy atom. The highest BCUT2D eigenvalue weighted by Crippen LogP contribution is 2.17. The number of urea groups is 1. The number of carbonyl (C=O) groups is 2. The summed E-state index contributed by atoms with van der Waals surface area (Å²) in [5, 5.41) is 14.4. The minimum absolute atomic E-state index is 0.0944. The summed E-state index contributed by atoms with van der Waals surface area (Å²) in [7, 11) is 1.34. The molecule has 0 aliphatic carbocycles. The quantitative estimate of drug-likeness (QED) is 0.591. The van der Waals surface area contributed by atoms with E-state index in [1.807, 2.05) is 5.32 Å². The topological polar surface area (TPSA) is 111 Å². The summed E-state index contributed by atoms with van der Waals surface area (Å²) < 4.78 is 4.69. The van der Waals surface area contributed by atoms with Crippen LogP contribution in [0, 0.1) is 10.1 Å². The summed E-state index contributed by atoms with van der Waals surface area (Å²) in [4.78, 5) is 31.6. The number of benzene rings is 1. The van der Waals surface area contributed by atoms with Crippen molar-refractivity contribution in [1.82, 2.24) is 10.6 Å². The lowest BCUT2D eigenvalue weighted by molar-refractivity contribution is -0.384. The predicted molar refractivity (Wildman–Crippen MR) is 56.7 cm³/mol. The number of ether oxygens (including phenoxy) is 1. The molecule has 0 saturated heterocycles. The first-order chi connectivity index (χ1) is 8.02. The summed E-state index contributed by atoms with van der Waals surface area (Å²) in [5.74, 6) is 0.0944. The lowest BCUT2D eigenvalue weighted by Crippen LogP contribution is -2.39. The lowest BCUT2D eigenvalue weighted by Gasteiger charge is -2.04. The van der Waals surface area contributed by atoms with Gasteiger partial charge in [0, 0.05) is 19.2 Å². The molecule has 0 aromatic heterocycles. The third kappa shape index (κ3) is 3.78. The zero-order valence-electron chi connectivity index (χ0n) is 8.80. The van der Waals surface area contributed by atoms with Crippen LogP contribution in [0.25, 0.3) is 0 Å². The van der Waals surface area contributed by atoms with Crippen LogP contribution in [0.1, 0.15) is 0 Å². The number of imide groups is 1.